The summed E-state index contributed by atoms with van der Waals surface area (Å²) in [5.41, 5.74) is 1.16. The number of amides is 1. The fourth-order valence-corrected chi connectivity index (χ4v) is 5.76. The lowest BCUT2D eigenvalue weighted by Gasteiger charge is -2.55. The summed E-state index contributed by atoms with van der Waals surface area (Å²) >= 11 is 0. The van der Waals surface area contributed by atoms with E-state index in [1.807, 2.05) is 6.07 Å². The first-order valence-electron chi connectivity index (χ1n) is 9.15. The summed E-state index contributed by atoms with van der Waals surface area (Å²) in [6, 6.07) is 6.97. The molecule has 1 amide bonds. The lowest BCUT2D eigenvalue weighted by atomic mass is 9.49. The van der Waals surface area contributed by atoms with E-state index in [4.69, 9.17) is 5.11 Å². The maximum atomic E-state index is 12.9. The monoisotopic (exact) mass is 327 g/mol. The summed E-state index contributed by atoms with van der Waals surface area (Å²) < 4.78 is 0. The van der Waals surface area contributed by atoms with Crippen LogP contribution in [-0.4, -0.2) is 23.5 Å². The van der Waals surface area contributed by atoms with Crippen LogP contribution in [0, 0.1) is 23.2 Å². The van der Waals surface area contributed by atoms with E-state index in [9.17, 15) is 9.59 Å². The molecule has 4 bridgehead atoms. The van der Waals surface area contributed by atoms with E-state index < -0.39 is 5.97 Å². The third-order valence-corrected chi connectivity index (χ3v) is 6.39. The molecule has 24 heavy (non-hydrogen) atoms. The minimum Gasteiger partial charge on any atom is -0.478 e. The van der Waals surface area contributed by atoms with Crippen LogP contribution in [0.2, 0.25) is 0 Å². The zero-order valence-corrected chi connectivity index (χ0v) is 14.0. The van der Waals surface area contributed by atoms with E-state index in [1.165, 1.54) is 19.3 Å². The predicted molar refractivity (Wildman–Crippen MR) is 90.7 cm³/mol. The Morgan fingerprint density at radius 1 is 1.08 bits per heavy atom. The smallest absolute Gasteiger partial charge is 0.335 e. The van der Waals surface area contributed by atoms with Gasteiger partial charge in [-0.15, -0.1) is 0 Å². The van der Waals surface area contributed by atoms with Gasteiger partial charge in [0.15, 0.2) is 0 Å². The Balaban J connectivity index is 1.36. The highest BCUT2D eigenvalue weighted by molar-refractivity contribution is 5.87. The summed E-state index contributed by atoms with van der Waals surface area (Å²) in [5, 5.41) is 12.2. The lowest BCUT2D eigenvalue weighted by molar-refractivity contribution is -0.146. The maximum Gasteiger partial charge on any atom is 0.335 e. The molecular weight excluding hydrogens is 302 g/mol. The molecule has 0 aromatic heterocycles. The molecule has 0 saturated heterocycles. The van der Waals surface area contributed by atoms with E-state index in [2.05, 4.69) is 5.32 Å². The highest BCUT2D eigenvalue weighted by atomic mass is 16.4. The number of aromatic carboxylic acids is 1. The number of carbonyl (C=O) groups excluding carboxylic acids is 1. The summed E-state index contributed by atoms with van der Waals surface area (Å²) in [6.07, 6.45) is 7.95. The van der Waals surface area contributed by atoms with Gasteiger partial charge in [0, 0.05) is 12.0 Å². The highest BCUT2D eigenvalue weighted by Gasteiger charge is 2.54. The summed E-state index contributed by atoms with van der Waals surface area (Å²) in [7, 11) is 0. The fourth-order valence-electron chi connectivity index (χ4n) is 5.76. The van der Waals surface area contributed by atoms with Crippen molar-refractivity contribution in [1.82, 2.24) is 5.32 Å². The lowest BCUT2D eigenvalue weighted by Crippen LogP contribution is -2.53. The van der Waals surface area contributed by atoms with Crippen LogP contribution in [0.3, 0.4) is 0 Å². The number of carboxylic acid groups (broad SMARTS) is 1. The van der Waals surface area contributed by atoms with E-state index in [0.717, 1.165) is 42.6 Å². The highest BCUT2D eigenvalue weighted by Crippen LogP contribution is 2.60. The standard InChI is InChI=1S/C20H25NO3/c22-18(23)17-3-1-2-13(9-17)4-5-21-19(24)20-10-14-6-15(11-20)8-16(7-14)12-20/h1-3,9,14-16H,4-8,10-12H2,(H,21,24)(H,22,23). The second kappa shape index (κ2) is 5.91. The van der Waals surface area contributed by atoms with Crippen LogP contribution in [0.1, 0.15) is 54.4 Å². The third-order valence-electron chi connectivity index (χ3n) is 6.39. The van der Waals surface area contributed by atoms with Gasteiger partial charge < -0.3 is 10.4 Å². The van der Waals surface area contributed by atoms with E-state index in [-0.39, 0.29) is 11.3 Å². The molecule has 2 N–H and O–H groups in total. The van der Waals surface area contributed by atoms with Crippen molar-refractivity contribution < 1.29 is 14.7 Å². The minimum atomic E-state index is -0.908. The van der Waals surface area contributed by atoms with Crippen molar-refractivity contribution in [2.24, 2.45) is 23.2 Å². The van der Waals surface area contributed by atoms with Gasteiger partial charge in [-0.2, -0.15) is 0 Å². The molecule has 4 fully saturated rings. The van der Waals surface area contributed by atoms with Crippen molar-refractivity contribution in [3.8, 4) is 0 Å². The van der Waals surface area contributed by atoms with Crippen molar-refractivity contribution in [3.63, 3.8) is 0 Å². The molecule has 0 spiro atoms. The Bertz CT molecular complexity index is 631. The molecule has 1 aromatic carbocycles. The molecule has 128 valence electrons. The molecule has 4 aliphatic rings. The van der Waals surface area contributed by atoms with Gasteiger partial charge in [0.25, 0.3) is 0 Å². The first kappa shape index (κ1) is 15.7. The molecule has 5 rings (SSSR count). The van der Waals surface area contributed by atoms with Gasteiger partial charge in [0.1, 0.15) is 0 Å². The quantitative estimate of drug-likeness (QED) is 0.872. The van der Waals surface area contributed by atoms with Crippen LogP contribution in [0.25, 0.3) is 0 Å². The SMILES string of the molecule is O=C(O)c1cccc(CCNC(=O)C23CC4CC(CC(C4)C2)C3)c1. The molecule has 4 aliphatic carbocycles. The van der Waals surface area contributed by atoms with Crippen molar-refractivity contribution in [2.75, 3.05) is 6.54 Å². The second-order valence-corrected chi connectivity index (χ2v) is 8.21. The van der Waals surface area contributed by atoms with Gasteiger partial charge in [-0.1, -0.05) is 12.1 Å². The predicted octanol–water partition coefficient (Wildman–Crippen LogP) is 3.26. The van der Waals surface area contributed by atoms with Gasteiger partial charge >= 0.3 is 5.97 Å². The van der Waals surface area contributed by atoms with Crippen molar-refractivity contribution in [2.45, 2.75) is 44.9 Å². The zero-order chi connectivity index (χ0) is 16.7. The fraction of sp³-hybridized carbons (Fsp3) is 0.600. The molecular formula is C20H25NO3. The van der Waals surface area contributed by atoms with E-state index >= 15 is 0 Å². The number of hydrogen-bond acceptors (Lipinski definition) is 2. The number of carbonyl (C=O) groups is 2. The van der Waals surface area contributed by atoms with Gasteiger partial charge in [-0.3, -0.25) is 4.79 Å². The molecule has 4 nitrogen and oxygen atoms in total. The van der Waals surface area contributed by atoms with Crippen LogP contribution < -0.4 is 5.32 Å². The zero-order valence-electron chi connectivity index (χ0n) is 14.0. The second-order valence-electron chi connectivity index (χ2n) is 8.21. The molecule has 0 atom stereocenters. The van der Waals surface area contributed by atoms with Crippen molar-refractivity contribution >= 4 is 11.9 Å². The van der Waals surface area contributed by atoms with E-state index in [0.29, 0.717) is 18.5 Å². The largest absolute Gasteiger partial charge is 0.478 e. The normalized spacial score (nSPS) is 33.4. The van der Waals surface area contributed by atoms with Crippen LogP contribution in [-0.2, 0) is 11.2 Å². The molecule has 0 radical (unpaired) electrons. The first-order valence-corrected chi connectivity index (χ1v) is 9.15. The van der Waals surface area contributed by atoms with Gasteiger partial charge in [-0.05, 0) is 80.4 Å². The first-order chi connectivity index (χ1) is 11.5. The molecule has 0 heterocycles. The Hall–Kier alpha value is -1.84. The van der Waals surface area contributed by atoms with E-state index in [1.54, 1.807) is 18.2 Å². The van der Waals surface area contributed by atoms with Crippen LogP contribution in [0.4, 0.5) is 0 Å². The Morgan fingerprint density at radius 2 is 1.71 bits per heavy atom. The minimum absolute atomic E-state index is 0.0995. The van der Waals surface area contributed by atoms with Gasteiger partial charge in [0.2, 0.25) is 5.91 Å². The molecule has 4 saturated carbocycles. The average Bonchev–Trinajstić information content (AvgIpc) is 2.53. The maximum absolute atomic E-state index is 12.9. The number of benzene rings is 1. The summed E-state index contributed by atoms with van der Waals surface area (Å²) in [5.74, 6) is 1.66. The Morgan fingerprint density at radius 3 is 2.29 bits per heavy atom. The molecule has 0 unspecified atom stereocenters. The summed E-state index contributed by atoms with van der Waals surface area (Å²) in [6.45, 7) is 0.587. The molecule has 0 aliphatic heterocycles. The topological polar surface area (TPSA) is 66.4 Å². The van der Waals surface area contributed by atoms with Crippen molar-refractivity contribution in [3.05, 3.63) is 35.4 Å². The average molecular weight is 327 g/mol. The number of rotatable bonds is 5. The number of nitrogens with one attached hydrogen (secondary N) is 1. The van der Waals surface area contributed by atoms with Crippen LogP contribution >= 0.6 is 0 Å². The Labute approximate surface area is 142 Å². The van der Waals surface area contributed by atoms with Crippen LogP contribution in [0.15, 0.2) is 24.3 Å². The summed E-state index contributed by atoms with van der Waals surface area (Å²) in [4.78, 5) is 23.9. The Kier molecular flexibility index (Phi) is 3.86. The van der Waals surface area contributed by atoms with Gasteiger partial charge in [0.05, 0.1) is 5.56 Å². The molecule has 1 aromatic rings. The van der Waals surface area contributed by atoms with Gasteiger partial charge in [-0.25, -0.2) is 4.79 Å². The number of carboxylic acids is 1. The molecule has 4 heteroatoms. The van der Waals surface area contributed by atoms with Crippen LogP contribution in [0.5, 0.6) is 0 Å². The number of hydrogen-bond donors (Lipinski definition) is 2. The third kappa shape index (κ3) is 2.83. The van der Waals surface area contributed by atoms with Crippen molar-refractivity contribution in [1.29, 1.82) is 0 Å².